The van der Waals surface area contributed by atoms with Crippen molar-refractivity contribution in [3.05, 3.63) is 62.3 Å². The molecule has 37 heavy (non-hydrogen) atoms. The first-order valence-electron chi connectivity index (χ1n) is 12.9. The molecule has 0 saturated heterocycles. The Morgan fingerprint density at radius 3 is 2.62 bits per heavy atom. The van der Waals surface area contributed by atoms with Crippen molar-refractivity contribution in [2.45, 2.75) is 70.6 Å². The predicted molar refractivity (Wildman–Crippen MR) is 144 cm³/mol. The van der Waals surface area contributed by atoms with Crippen LogP contribution in [0.1, 0.15) is 73.8 Å². The summed E-state index contributed by atoms with van der Waals surface area (Å²) < 4.78 is 13.0. The van der Waals surface area contributed by atoms with Gasteiger partial charge in [-0.1, -0.05) is 32.3 Å². The molecule has 1 atom stereocenters. The minimum Gasteiger partial charge on any atom is -0.493 e. The molecule has 10 heteroatoms. The number of benzene rings is 1. The van der Waals surface area contributed by atoms with E-state index in [-0.39, 0.29) is 11.6 Å². The van der Waals surface area contributed by atoms with E-state index in [1.54, 1.807) is 31.6 Å². The highest BCUT2D eigenvalue weighted by Gasteiger charge is 2.29. The van der Waals surface area contributed by atoms with Gasteiger partial charge in [0.25, 0.3) is 5.56 Å². The number of hydrogen-bond acceptors (Lipinski definition) is 8. The summed E-state index contributed by atoms with van der Waals surface area (Å²) in [4.78, 5) is 19.8. The van der Waals surface area contributed by atoms with Crippen LogP contribution in [0.25, 0.3) is 10.9 Å². The average Bonchev–Trinajstić information content (AvgIpc) is 3.62. The fraction of sp³-hybridized carbons (Fsp3) is 0.481. The molecule has 1 N–H and O–H groups in total. The number of aromatic nitrogens is 5. The Bertz CT molecular complexity index is 1380. The third-order valence-corrected chi connectivity index (χ3v) is 8.16. The molecule has 5 rings (SSSR count). The summed E-state index contributed by atoms with van der Waals surface area (Å²) >= 11 is 1.72. The second-order valence-electron chi connectivity index (χ2n) is 9.60. The van der Waals surface area contributed by atoms with E-state index in [9.17, 15) is 4.79 Å². The van der Waals surface area contributed by atoms with E-state index >= 15 is 0 Å². The molecule has 0 bridgehead atoms. The number of rotatable bonds is 10. The van der Waals surface area contributed by atoms with Crippen LogP contribution >= 0.6 is 11.3 Å². The number of tetrazole rings is 1. The van der Waals surface area contributed by atoms with Crippen molar-refractivity contribution in [2.24, 2.45) is 0 Å². The summed E-state index contributed by atoms with van der Waals surface area (Å²) in [5.41, 5.74) is 1.29. The lowest BCUT2D eigenvalue weighted by Crippen LogP contribution is -2.33. The van der Waals surface area contributed by atoms with Crippen molar-refractivity contribution in [1.29, 1.82) is 0 Å². The van der Waals surface area contributed by atoms with Crippen LogP contribution in [-0.4, -0.2) is 44.3 Å². The molecule has 0 aliphatic heterocycles. The van der Waals surface area contributed by atoms with E-state index in [0.717, 1.165) is 30.5 Å². The normalized spacial score (nSPS) is 15.4. The number of fused-ring (bicyclic) bond motifs is 1. The Kier molecular flexibility index (Phi) is 7.85. The smallest absolute Gasteiger partial charge is 0.252 e. The molecule has 3 heterocycles. The van der Waals surface area contributed by atoms with E-state index in [0.29, 0.717) is 41.7 Å². The summed E-state index contributed by atoms with van der Waals surface area (Å²) in [7, 11) is 3.20. The second kappa shape index (κ2) is 11.4. The van der Waals surface area contributed by atoms with Gasteiger partial charge in [0.05, 0.1) is 31.8 Å². The number of thiophene rings is 1. The van der Waals surface area contributed by atoms with Crippen LogP contribution < -0.4 is 15.0 Å². The van der Waals surface area contributed by atoms with E-state index in [1.807, 2.05) is 12.1 Å². The molecule has 9 nitrogen and oxygen atoms in total. The zero-order chi connectivity index (χ0) is 25.8. The molecule has 1 saturated carbocycles. The van der Waals surface area contributed by atoms with Crippen LogP contribution in [-0.2, 0) is 13.1 Å². The average molecular weight is 523 g/mol. The standard InChI is InChI=1S/C27H34N6O3S/c1-4-23(26-29-30-31-33(26)20-9-6-5-7-10-20)32(17-21-11-8-12-37-21)16-19-13-18-14-24(35-2)25(36-3)15-22(18)28-27(19)34/h8,11-15,20,23H,4-7,9-10,16-17H2,1-3H3,(H,28,34)/t23-/m1/s1. The predicted octanol–water partition coefficient (Wildman–Crippen LogP) is 5.25. The third kappa shape index (κ3) is 5.40. The number of aromatic amines is 1. The summed E-state index contributed by atoms with van der Waals surface area (Å²) in [6, 6.07) is 10.2. The molecule has 1 fully saturated rings. The second-order valence-corrected chi connectivity index (χ2v) is 10.6. The Hall–Kier alpha value is -3.24. The summed E-state index contributed by atoms with van der Waals surface area (Å²) in [5.74, 6) is 2.09. The van der Waals surface area contributed by atoms with Crippen LogP contribution in [0.3, 0.4) is 0 Å². The number of nitrogens with one attached hydrogen (secondary N) is 1. The Morgan fingerprint density at radius 1 is 1.14 bits per heavy atom. The van der Waals surface area contributed by atoms with Gasteiger partial charge in [-0.25, -0.2) is 4.68 Å². The number of hydrogen-bond donors (Lipinski definition) is 1. The highest BCUT2D eigenvalue weighted by molar-refractivity contribution is 7.09. The van der Waals surface area contributed by atoms with Crippen LogP contribution in [0, 0.1) is 0 Å². The molecule has 1 aromatic carbocycles. The van der Waals surface area contributed by atoms with Crippen LogP contribution in [0.5, 0.6) is 11.5 Å². The molecule has 0 spiro atoms. The van der Waals surface area contributed by atoms with Gasteiger partial charge in [0.15, 0.2) is 17.3 Å². The molecule has 1 aliphatic carbocycles. The lowest BCUT2D eigenvalue weighted by molar-refractivity contribution is 0.157. The van der Waals surface area contributed by atoms with Crippen LogP contribution in [0.4, 0.5) is 0 Å². The maximum Gasteiger partial charge on any atom is 0.252 e. The van der Waals surface area contributed by atoms with E-state index < -0.39 is 0 Å². The van der Waals surface area contributed by atoms with Gasteiger partial charge in [-0.05, 0) is 53.3 Å². The lowest BCUT2D eigenvalue weighted by Gasteiger charge is -2.31. The first-order valence-corrected chi connectivity index (χ1v) is 13.8. The number of pyridine rings is 1. The van der Waals surface area contributed by atoms with Crippen molar-refractivity contribution < 1.29 is 9.47 Å². The van der Waals surface area contributed by atoms with Gasteiger partial charge in [0.2, 0.25) is 0 Å². The van der Waals surface area contributed by atoms with Crippen molar-refractivity contribution in [3.8, 4) is 11.5 Å². The number of nitrogens with zero attached hydrogens (tertiary/aromatic N) is 5. The highest BCUT2D eigenvalue weighted by Crippen LogP contribution is 2.34. The summed E-state index contributed by atoms with van der Waals surface area (Å²) in [6.45, 7) is 3.33. The van der Waals surface area contributed by atoms with Gasteiger partial charge in [-0.15, -0.1) is 16.4 Å². The monoisotopic (exact) mass is 522 g/mol. The number of ether oxygens (including phenoxy) is 2. The maximum atomic E-state index is 13.2. The van der Waals surface area contributed by atoms with Crippen molar-refractivity contribution in [3.63, 3.8) is 0 Å². The van der Waals surface area contributed by atoms with Gasteiger partial charge in [-0.3, -0.25) is 9.69 Å². The van der Waals surface area contributed by atoms with E-state index in [2.05, 4.69) is 54.5 Å². The fourth-order valence-corrected chi connectivity index (χ4v) is 6.13. The minimum atomic E-state index is -0.113. The molecule has 4 aromatic rings. The molecule has 0 radical (unpaired) electrons. The number of H-pyrrole nitrogens is 1. The molecule has 0 amide bonds. The molecule has 196 valence electrons. The Morgan fingerprint density at radius 2 is 1.92 bits per heavy atom. The molecule has 0 unspecified atom stereocenters. The summed E-state index contributed by atoms with van der Waals surface area (Å²) in [5, 5.41) is 16.0. The van der Waals surface area contributed by atoms with Crippen molar-refractivity contribution in [1.82, 2.24) is 30.1 Å². The SMILES string of the molecule is CC[C@H](c1nnnn1C1CCCCC1)N(Cc1cccs1)Cc1cc2cc(OC)c(OC)cc2[nH]c1=O. The van der Waals surface area contributed by atoms with Crippen molar-refractivity contribution in [2.75, 3.05) is 14.2 Å². The first-order chi connectivity index (χ1) is 18.1. The van der Waals surface area contributed by atoms with E-state index in [1.165, 1.54) is 24.1 Å². The zero-order valence-electron chi connectivity index (χ0n) is 21.6. The first kappa shape index (κ1) is 25.4. The van der Waals surface area contributed by atoms with Crippen LogP contribution in [0.2, 0.25) is 0 Å². The lowest BCUT2D eigenvalue weighted by atomic mass is 9.95. The van der Waals surface area contributed by atoms with Gasteiger partial charge in [0, 0.05) is 35.0 Å². The van der Waals surface area contributed by atoms with Crippen molar-refractivity contribution >= 4 is 22.2 Å². The minimum absolute atomic E-state index is 0.0282. The topological polar surface area (TPSA) is 98.2 Å². The zero-order valence-corrected chi connectivity index (χ0v) is 22.5. The van der Waals surface area contributed by atoms with Gasteiger partial charge < -0.3 is 14.5 Å². The molecular weight excluding hydrogens is 488 g/mol. The van der Waals surface area contributed by atoms with Gasteiger partial charge in [-0.2, -0.15) is 0 Å². The molecular formula is C27H34N6O3S. The fourth-order valence-electron chi connectivity index (χ4n) is 5.40. The Labute approximate surface area is 220 Å². The largest absolute Gasteiger partial charge is 0.493 e. The Balaban J connectivity index is 1.52. The van der Waals surface area contributed by atoms with Crippen LogP contribution in [0.15, 0.2) is 40.5 Å². The van der Waals surface area contributed by atoms with Gasteiger partial charge in [0.1, 0.15) is 0 Å². The van der Waals surface area contributed by atoms with E-state index in [4.69, 9.17) is 9.47 Å². The summed E-state index contributed by atoms with van der Waals surface area (Å²) in [6.07, 6.45) is 6.73. The number of methoxy groups -OCH3 is 2. The maximum absolute atomic E-state index is 13.2. The third-order valence-electron chi connectivity index (χ3n) is 7.30. The highest BCUT2D eigenvalue weighted by atomic mass is 32.1. The molecule has 1 aliphatic rings. The van der Waals surface area contributed by atoms with Gasteiger partial charge >= 0.3 is 0 Å². The quantitative estimate of drug-likeness (QED) is 0.304. The molecule has 3 aromatic heterocycles.